The van der Waals surface area contributed by atoms with E-state index in [-0.39, 0.29) is 5.91 Å². The number of hydrogen-bond donors (Lipinski definition) is 0. The number of carbonyl (C=O) groups is 1. The standard InChI is InChI=1S/C17H20BrN5OS/c1-11-10-19-22(4)15(11)16(24)23(8-7-21(2)3)17-20-13-6-5-12(18)9-14(13)25-17/h5-6,9-10H,7-8H2,1-4H3. The van der Waals surface area contributed by atoms with Gasteiger partial charge in [-0.15, -0.1) is 0 Å². The molecular formula is C17H20BrN5OS. The van der Waals surface area contributed by atoms with Crippen LogP contribution in [0.25, 0.3) is 10.2 Å². The molecule has 1 aromatic carbocycles. The molecule has 0 N–H and O–H groups in total. The van der Waals surface area contributed by atoms with Crippen LogP contribution in [0.4, 0.5) is 5.13 Å². The van der Waals surface area contributed by atoms with Crippen molar-refractivity contribution >= 4 is 48.5 Å². The molecule has 0 aliphatic rings. The molecule has 0 saturated heterocycles. The second kappa shape index (κ2) is 7.23. The molecule has 25 heavy (non-hydrogen) atoms. The summed E-state index contributed by atoms with van der Waals surface area (Å²) in [5.74, 6) is -0.0718. The molecule has 0 saturated carbocycles. The average molecular weight is 422 g/mol. The van der Waals surface area contributed by atoms with E-state index in [2.05, 4.69) is 30.9 Å². The number of benzene rings is 1. The van der Waals surface area contributed by atoms with Gasteiger partial charge in [0.15, 0.2) is 5.13 Å². The molecule has 3 aromatic rings. The molecule has 0 radical (unpaired) electrons. The lowest BCUT2D eigenvalue weighted by Crippen LogP contribution is -2.38. The maximum atomic E-state index is 13.2. The zero-order valence-corrected chi connectivity index (χ0v) is 17.1. The van der Waals surface area contributed by atoms with Gasteiger partial charge in [0.25, 0.3) is 5.91 Å². The molecule has 2 aromatic heterocycles. The lowest BCUT2D eigenvalue weighted by molar-refractivity contribution is 0.0975. The van der Waals surface area contributed by atoms with E-state index in [1.807, 2.05) is 39.2 Å². The lowest BCUT2D eigenvalue weighted by atomic mass is 10.2. The van der Waals surface area contributed by atoms with E-state index < -0.39 is 0 Å². The van der Waals surface area contributed by atoms with E-state index in [1.54, 1.807) is 22.8 Å². The molecule has 0 aliphatic heterocycles. The first-order valence-corrected chi connectivity index (χ1v) is 9.49. The third-order valence-electron chi connectivity index (χ3n) is 3.91. The first kappa shape index (κ1) is 18.0. The Morgan fingerprint density at radius 1 is 1.32 bits per heavy atom. The third kappa shape index (κ3) is 3.75. The summed E-state index contributed by atoms with van der Waals surface area (Å²) < 4.78 is 3.68. The predicted molar refractivity (Wildman–Crippen MR) is 105 cm³/mol. The normalized spacial score (nSPS) is 11.4. The van der Waals surface area contributed by atoms with Crippen LogP contribution in [0.2, 0.25) is 0 Å². The van der Waals surface area contributed by atoms with Gasteiger partial charge in [0.05, 0.1) is 16.4 Å². The molecule has 8 heteroatoms. The van der Waals surface area contributed by atoms with Crippen molar-refractivity contribution in [2.45, 2.75) is 6.92 Å². The molecule has 132 valence electrons. The number of halogens is 1. The number of aryl methyl sites for hydroxylation is 2. The number of rotatable bonds is 5. The van der Waals surface area contributed by atoms with Crippen molar-refractivity contribution in [3.05, 3.63) is 40.1 Å². The van der Waals surface area contributed by atoms with Crippen molar-refractivity contribution in [1.29, 1.82) is 0 Å². The predicted octanol–water partition coefficient (Wildman–Crippen LogP) is 3.31. The van der Waals surface area contributed by atoms with Crippen LogP contribution in [-0.2, 0) is 7.05 Å². The summed E-state index contributed by atoms with van der Waals surface area (Å²) in [6, 6.07) is 5.95. The highest BCUT2D eigenvalue weighted by Crippen LogP contribution is 2.31. The molecule has 0 spiro atoms. The van der Waals surface area contributed by atoms with Crippen molar-refractivity contribution in [1.82, 2.24) is 19.7 Å². The van der Waals surface area contributed by atoms with Crippen LogP contribution in [0.1, 0.15) is 16.1 Å². The zero-order valence-electron chi connectivity index (χ0n) is 14.7. The minimum absolute atomic E-state index is 0.0718. The van der Waals surface area contributed by atoms with Crippen LogP contribution in [0.3, 0.4) is 0 Å². The highest BCUT2D eigenvalue weighted by molar-refractivity contribution is 9.10. The molecular weight excluding hydrogens is 402 g/mol. The monoisotopic (exact) mass is 421 g/mol. The summed E-state index contributed by atoms with van der Waals surface area (Å²) in [5, 5.41) is 4.91. The number of aromatic nitrogens is 3. The first-order valence-electron chi connectivity index (χ1n) is 7.88. The minimum atomic E-state index is -0.0718. The molecule has 3 rings (SSSR count). The van der Waals surface area contributed by atoms with Crippen molar-refractivity contribution in [2.75, 3.05) is 32.1 Å². The van der Waals surface area contributed by atoms with Crippen molar-refractivity contribution in [3.63, 3.8) is 0 Å². The van der Waals surface area contributed by atoms with Crippen molar-refractivity contribution in [3.8, 4) is 0 Å². The van der Waals surface area contributed by atoms with Crippen molar-refractivity contribution in [2.24, 2.45) is 7.05 Å². The summed E-state index contributed by atoms with van der Waals surface area (Å²) in [4.78, 5) is 21.7. The number of likely N-dealkylation sites (N-methyl/N-ethyl adjacent to an activating group) is 1. The topological polar surface area (TPSA) is 54.3 Å². The fourth-order valence-electron chi connectivity index (χ4n) is 2.57. The maximum Gasteiger partial charge on any atom is 0.278 e. The van der Waals surface area contributed by atoms with E-state index in [9.17, 15) is 4.79 Å². The van der Waals surface area contributed by atoms with Crippen LogP contribution >= 0.6 is 27.3 Å². The number of fused-ring (bicyclic) bond motifs is 1. The van der Waals surface area contributed by atoms with Crippen LogP contribution < -0.4 is 4.90 Å². The van der Waals surface area contributed by atoms with E-state index in [4.69, 9.17) is 0 Å². The lowest BCUT2D eigenvalue weighted by Gasteiger charge is -2.22. The Kier molecular flexibility index (Phi) is 5.21. The van der Waals surface area contributed by atoms with Crippen molar-refractivity contribution < 1.29 is 4.79 Å². The number of thiazole rings is 1. The van der Waals surface area contributed by atoms with Gasteiger partial charge in [-0.2, -0.15) is 5.10 Å². The second-order valence-corrected chi connectivity index (χ2v) is 8.09. The van der Waals surface area contributed by atoms with Gasteiger partial charge in [-0.05, 0) is 44.8 Å². The van der Waals surface area contributed by atoms with Gasteiger partial charge in [0.2, 0.25) is 0 Å². The Balaban J connectivity index is 2.02. The van der Waals surface area contributed by atoms with E-state index >= 15 is 0 Å². The Morgan fingerprint density at radius 2 is 2.08 bits per heavy atom. The number of amides is 1. The molecule has 0 fully saturated rings. The van der Waals surface area contributed by atoms with Crippen LogP contribution in [0, 0.1) is 6.92 Å². The fourth-order valence-corrected chi connectivity index (χ4v) is 4.11. The molecule has 6 nitrogen and oxygen atoms in total. The van der Waals surface area contributed by atoms with Gasteiger partial charge in [0.1, 0.15) is 5.69 Å². The van der Waals surface area contributed by atoms with Gasteiger partial charge >= 0.3 is 0 Å². The quantitative estimate of drug-likeness (QED) is 0.633. The van der Waals surface area contributed by atoms with Gasteiger partial charge < -0.3 is 4.90 Å². The largest absolute Gasteiger partial charge is 0.308 e. The summed E-state index contributed by atoms with van der Waals surface area (Å²) in [5.41, 5.74) is 2.36. The highest BCUT2D eigenvalue weighted by atomic mass is 79.9. The Hall–Kier alpha value is -1.77. The average Bonchev–Trinajstić information content (AvgIpc) is 3.09. The SMILES string of the molecule is Cc1cnn(C)c1C(=O)N(CCN(C)C)c1nc2ccc(Br)cc2s1. The molecule has 0 bridgehead atoms. The summed E-state index contributed by atoms with van der Waals surface area (Å²) >= 11 is 5.01. The van der Waals surface area contributed by atoms with Crippen LogP contribution in [-0.4, -0.2) is 52.8 Å². The van der Waals surface area contributed by atoms with E-state index in [1.165, 1.54) is 11.3 Å². The zero-order chi connectivity index (χ0) is 18.1. The smallest absolute Gasteiger partial charge is 0.278 e. The molecule has 2 heterocycles. The summed E-state index contributed by atoms with van der Waals surface area (Å²) in [6.45, 7) is 3.22. The first-order chi connectivity index (χ1) is 11.9. The van der Waals surface area contributed by atoms with E-state index in [0.29, 0.717) is 17.4 Å². The van der Waals surface area contributed by atoms with Gasteiger partial charge in [-0.1, -0.05) is 27.3 Å². The second-order valence-electron chi connectivity index (χ2n) is 6.17. The number of nitrogens with zero attached hydrogens (tertiary/aromatic N) is 5. The fraction of sp³-hybridized carbons (Fsp3) is 0.353. The highest BCUT2D eigenvalue weighted by Gasteiger charge is 2.25. The third-order valence-corrected chi connectivity index (χ3v) is 5.44. The van der Waals surface area contributed by atoms with Gasteiger partial charge in [0, 0.05) is 24.6 Å². The minimum Gasteiger partial charge on any atom is -0.308 e. The number of carbonyl (C=O) groups excluding carboxylic acids is 1. The summed E-state index contributed by atoms with van der Waals surface area (Å²) in [6.07, 6.45) is 1.72. The van der Waals surface area contributed by atoms with Crippen LogP contribution in [0.5, 0.6) is 0 Å². The van der Waals surface area contributed by atoms with E-state index in [0.717, 1.165) is 26.8 Å². The van der Waals surface area contributed by atoms with Gasteiger partial charge in [-0.25, -0.2) is 4.98 Å². The number of anilines is 1. The Bertz CT molecular complexity index is 898. The molecule has 0 aliphatic carbocycles. The Labute approximate surface area is 159 Å². The number of hydrogen-bond acceptors (Lipinski definition) is 5. The van der Waals surface area contributed by atoms with Gasteiger partial charge in [-0.3, -0.25) is 14.4 Å². The molecule has 0 atom stereocenters. The Morgan fingerprint density at radius 3 is 2.72 bits per heavy atom. The van der Waals surface area contributed by atoms with Crippen LogP contribution in [0.15, 0.2) is 28.9 Å². The maximum absolute atomic E-state index is 13.2. The molecule has 1 amide bonds. The summed E-state index contributed by atoms with van der Waals surface area (Å²) in [7, 11) is 5.78. The molecule has 0 unspecified atom stereocenters.